The summed E-state index contributed by atoms with van der Waals surface area (Å²) in [6.45, 7) is 1.00. The molecule has 0 bridgehead atoms. The molecule has 2 nitrogen and oxygen atoms in total. The van der Waals surface area contributed by atoms with E-state index >= 15 is 0 Å². The average molecular weight is 181 g/mol. The molecule has 1 aliphatic heterocycles. The molecule has 1 fully saturated rings. The molecule has 1 heterocycles. The molecule has 1 atom stereocenters. The van der Waals surface area contributed by atoms with Gasteiger partial charge in [0.25, 0.3) is 0 Å². The Balaban J connectivity index is 2.37. The molecule has 1 unspecified atom stereocenters. The third kappa shape index (κ3) is 1.40. The first-order valence-corrected chi connectivity index (χ1v) is 4.38. The smallest absolute Gasteiger partial charge is 0.165 e. The number of nitrogens with one attached hydrogen (secondary N) is 1. The number of ether oxygens (including phenoxy) is 1. The molecule has 1 aromatic carbocycles. The Morgan fingerprint density at radius 1 is 1.54 bits per heavy atom. The van der Waals surface area contributed by atoms with Gasteiger partial charge in [0, 0.05) is 11.6 Å². The monoisotopic (exact) mass is 181 g/mol. The van der Waals surface area contributed by atoms with Crippen molar-refractivity contribution in [1.82, 2.24) is 5.32 Å². The average Bonchev–Trinajstić information content (AvgIpc) is 2.01. The molecule has 0 saturated carbocycles. The summed E-state index contributed by atoms with van der Waals surface area (Å²) in [4.78, 5) is 0. The summed E-state index contributed by atoms with van der Waals surface area (Å²) in [6.07, 6.45) is 1.06. The van der Waals surface area contributed by atoms with Crippen LogP contribution in [0.25, 0.3) is 0 Å². The SMILES string of the molecule is COc1c(F)cccc1C1CCN1. The predicted octanol–water partition coefficient (Wildman–Crippen LogP) is 1.87. The molecule has 1 N–H and O–H groups in total. The molecule has 0 aromatic heterocycles. The maximum absolute atomic E-state index is 13.2. The molecule has 0 aliphatic carbocycles. The van der Waals surface area contributed by atoms with Gasteiger partial charge in [0.15, 0.2) is 11.6 Å². The van der Waals surface area contributed by atoms with Crippen LogP contribution in [0.1, 0.15) is 18.0 Å². The van der Waals surface area contributed by atoms with Crippen molar-refractivity contribution in [2.45, 2.75) is 12.5 Å². The van der Waals surface area contributed by atoms with E-state index in [4.69, 9.17) is 4.74 Å². The van der Waals surface area contributed by atoms with E-state index in [0.717, 1.165) is 18.5 Å². The van der Waals surface area contributed by atoms with Crippen LogP contribution in [-0.2, 0) is 0 Å². The van der Waals surface area contributed by atoms with Gasteiger partial charge in [-0.2, -0.15) is 0 Å². The second kappa shape index (κ2) is 3.34. The fraction of sp³-hybridized carbons (Fsp3) is 0.400. The standard InChI is InChI=1S/C10H12FNO/c1-13-10-7(9-5-6-12-9)3-2-4-8(10)11/h2-4,9,12H,5-6H2,1H3. The summed E-state index contributed by atoms with van der Waals surface area (Å²) in [5.74, 6) is 0.0911. The van der Waals surface area contributed by atoms with Crippen molar-refractivity contribution in [2.24, 2.45) is 0 Å². The van der Waals surface area contributed by atoms with E-state index in [1.54, 1.807) is 6.07 Å². The summed E-state index contributed by atoms with van der Waals surface area (Å²) in [6, 6.07) is 5.30. The molecule has 0 spiro atoms. The summed E-state index contributed by atoms with van der Waals surface area (Å²) in [7, 11) is 1.50. The second-order valence-electron chi connectivity index (χ2n) is 3.16. The lowest BCUT2D eigenvalue weighted by Crippen LogP contribution is -2.35. The fourth-order valence-corrected chi connectivity index (χ4v) is 1.57. The van der Waals surface area contributed by atoms with Gasteiger partial charge >= 0.3 is 0 Å². The van der Waals surface area contributed by atoms with Crippen molar-refractivity contribution in [3.8, 4) is 5.75 Å². The molecular formula is C10H12FNO. The molecule has 2 rings (SSSR count). The first-order chi connectivity index (χ1) is 6.33. The summed E-state index contributed by atoms with van der Waals surface area (Å²) >= 11 is 0. The minimum atomic E-state index is -0.284. The molecular weight excluding hydrogens is 169 g/mol. The number of benzene rings is 1. The Hall–Kier alpha value is -1.09. The van der Waals surface area contributed by atoms with Gasteiger partial charge in [-0.25, -0.2) is 4.39 Å². The van der Waals surface area contributed by atoms with Crippen molar-refractivity contribution in [3.63, 3.8) is 0 Å². The number of hydrogen-bond donors (Lipinski definition) is 1. The maximum Gasteiger partial charge on any atom is 0.165 e. The van der Waals surface area contributed by atoms with Crippen molar-refractivity contribution in [3.05, 3.63) is 29.6 Å². The number of para-hydroxylation sites is 1. The minimum Gasteiger partial charge on any atom is -0.493 e. The quantitative estimate of drug-likeness (QED) is 0.752. The minimum absolute atomic E-state index is 0.269. The van der Waals surface area contributed by atoms with Gasteiger partial charge in [-0.15, -0.1) is 0 Å². The van der Waals surface area contributed by atoms with Crippen molar-refractivity contribution < 1.29 is 9.13 Å². The van der Waals surface area contributed by atoms with Crippen LogP contribution < -0.4 is 10.1 Å². The number of rotatable bonds is 2. The van der Waals surface area contributed by atoms with E-state index in [9.17, 15) is 4.39 Å². The van der Waals surface area contributed by atoms with Crippen molar-refractivity contribution in [1.29, 1.82) is 0 Å². The highest BCUT2D eigenvalue weighted by Gasteiger charge is 2.23. The Morgan fingerprint density at radius 2 is 2.31 bits per heavy atom. The van der Waals surface area contributed by atoms with E-state index in [1.807, 2.05) is 6.07 Å². The molecule has 1 aliphatic rings. The molecule has 1 saturated heterocycles. The third-order valence-electron chi connectivity index (χ3n) is 2.40. The molecule has 13 heavy (non-hydrogen) atoms. The Bertz CT molecular complexity index is 310. The van der Waals surface area contributed by atoms with E-state index in [2.05, 4.69) is 5.32 Å². The van der Waals surface area contributed by atoms with Crippen LogP contribution in [0.5, 0.6) is 5.75 Å². The van der Waals surface area contributed by atoms with E-state index < -0.39 is 0 Å². The van der Waals surface area contributed by atoms with Crippen LogP contribution in [0.4, 0.5) is 4.39 Å². The summed E-state index contributed by atoms with van der Waals surface area (Å²) < 4.78 is 18.2. The van der Waals surface area contributed by atoms with Gasteiger partial charge in [-0.1, -0.05) is 12.1 Å². The largest absolute Gasteiger partial charge is 0.493 e. The summed E-state index contributed by atoms with van der Waals surface area (Å²) in [5.41, 5.74) is 0.925. The van der Waals surface area contributed by atoms with Crippen LogP contribution in [0.15, 0.2) is 18.2 Å². The maximum atomic E-state index is 13.2. The first-order valence-electron chi connectivity index (χ1n) is 4.38. The molecule has 1 aromatic rings. The molecule has 0 radical (unpaired) electrons. The van der Waals surface area contributed by atoms with Gasteiger partial charge in [-0.05, 0) is 19.0 Å². The Kier molecular flexibility index (Phi) is 2.19. The zero-order chi connectivity index (χ0) is 9.26. The highest BCUT2D eigenvalue weighted by molar-refractivity contribution is 5.38. The summed E-state index contributed by atoms with van der Waals surface area (Å²) in [5, 5.41) is 3.22. The fourth-order valence-electron chi connectivity index (χ4n) is 1.57. The lowest BCUT2D eigenvalue weighted by atomic mass is 9.97. The molecule has 0 amide bonds. The topological polar surface area (TPSA) is 21.3 Å². The van der Waals surface area contributed by atoms with Gasteiger partial charge in [-0.3, -0.25) is 0 Å². The van der Waals surface area contributed by atoms with Crippen molar-refractivity contribution in [2.75, 3.05) is 13.7 Å². The van der Waals surface area contributed by atoms with Gasteiger partial charge in [0.05, 0.1) is 7.11 Å². The predicted molar refractivity (Wildman–Crippen MR) is 48.3 cm³/mol. The Labute approximate surface area is 76.7 Å². The number of halogens is 1. The van der Waals surface area contributed by atoms with Crippen LogP contribution in [0.3, 0.4) is 0 Å². The van der Waals surface area contributed by atoms with Crippen LogP contribution in [0.2, 0.25) is 0 Å². The lowest BCUT2D eigenvalue weighted by molar-refractivity contribution is 0.340. The normalized spacial score (nSPS) is 20.9. The van der Waals surface area contributed by atoms with E-state index in [1.165, 1.54) is 13.2 Å². The zero-order valence-corrected chi connectivity index (χ0v) is 7.51. The molecule has 70 valence electrons. The first kappa shape index (κ1) is 8.51. The second-order valence-corrected chi connectivity index (χ2v) is 3.16. The van der Waals surface area contributed by atoms with Gasteiger partial charge in [0.2, 0.25) is 0 Å². The molecule has 3 heteroatoms. The van der Waals surface area contributed by atoms with E-state index in [0.29, 0.717) is 5.75 Å². The number of methoxy groups -OCH3 is 1. The highest BCUT2D eigenvalue weighted by Crippen LogP contribution is 2.32. The van der Waals surface area contributed by atoms with Crippen LogP contribution in [0, 0.1) is 5.82 Å². The van der Waals surface area contributed by atoms with Crippen LogP contribution >= 0.6 is 0 Å². The van der Waals surface area contributed by atoms with Crippen molar-refractivity contribution >= 4 is 0 Å². The zero-order valence-electron chi connectivity index (χ0n) is 7.51. The Morgan fingerprint density at radius 3 is 2.85 bits per heavy atom. The lowest BCUT2D eigenvalue weighted by Gasteiger charge is -2.29. The van der Waals surface area contributed by atoms with Crippen LogP contribution in [-0.4, -0.2) is 13.7 Å². The van der Waals surface area contributed by atoms with E-state index in [-0.39, 0.29) is 11.9 Å². The number of hydrogen-bond acceptors (Lipinski definition) is 2. The van der Waals surface area contributed by atoms with Gasteiger partial charge in [0.1, 0.15) is 0 Å². The highest BCUT2D eigenvalue weighted by atomic mass is 19.1. The van der Waals surface area contributed by atoms with Gasteiger partial charge < -0.3 is 10.1 Å². The third-order valence-corrected chi connectivity index (χ3v) is 2.40.